The molecule has 0 heterocycles. The normalized spacial score (nSPS) is 18.6. The van der Waals surface area contributed by atoms with E-state index in [-0.39, 0.29) is 12.8 Å². The summed E-state index contributed by atoms with van der Waals surface area (Å²) in [7, 11) is 0. The highest BCUT2D eigenvalue weighted by Crippen LogP contribution is 2.42. The number of alkyl halides is 3. The maximum absolute atomic E-state index is 12.0. The molecule has 0 saturated heterocycles. The Hall–Kier alpha value is -1.27. The summed E-state index contributed by atoms with van der Waals surface area (Å²) in [5.41, 5.74) is -0.591. The quantitative estimate of drug-likeness (QED) is 0.792. The number of hydrogen-bond acceptors (Lipinski definition) is 2. The highest BCUT2D eigenvalue weighted by atomic mass is 19.4. The molecule has 0 radical (unpaired) electrons. The summed E-state index contributed by atoms with van der Waals surface area (Å²) in [5.74, 6) is -1.45. The average molecular weight is 295 g/mol. The van der Waals surface area contributed by atoms with E-state index in [1.807, 2.05) is 0 Å². The van der Waals surface area contributed by atoms with Crippen LogP contribution in [0.4, 0.5) is 13.2 Å². The molecular formula is C13H20F3NO3. The molecule has 0 spiro atoms. The fourth-order valence-electron chi connectivity index (χ4n) is 2.79. The smallest absolute Gasteiger partial charge is 0.390 e. The van der Waals surface area contributed by atoms with Crippen LogP contribution in [-0.4, -0.2) is 29.7 Å². The Kier molecular flexibility index (Phi) is 5.83. The van der Waals surface area contributed by atoms with Gasteiger partial charge < -0.3 is 10.4 Å². The van der Waals surface area contributed by atoms with Crippen molar-refractivity contribution < 1.29 is 27.9 Å². The van der Waals surface area contributed by atoms with Crippen LogP contribution in [-0.2, 0) is 9.59 Å². The lowest BCUT2D eigenvalue weighted by molar-refractivity contribution is -0.141. The Labute approximate surface area is 115 Å². The van der Waals surface area contributed by atoms with Crippen molar-refractivity contribution in [2.45, 2.75) is 57.5 Å². The first-order valence-electron chi connectivity index (χ1n) is 6.78. The molecule has 0 aromatic carbocycles. The van der Waals surface area contributed by atoms with Gasteiger partial charge >= 0.3 is 12.1 Å². The van der Waals surface area contributed by atoms with Crippen molar-refractivity contribution in [2.75, 3.05) is 6.54 Å². The second-order valence-corrected chi connectivity index (χ2v) is 5.52. The first-order valence-corrected chi connectivity index (χ1v) is 6.78. The number of aliphatic carboxylic acids is 1. The van der Waals surface area contributed by atoms with Gasteiger partial charge in [0.15, 0.2) is 0 Å². The molecule has 0 atom stereocenters. The van der Waals surface area contributed by atoms with Gasteiger partial charge in [-0.15, -0.1) is 0 Å². The lowest BCUT2D eigenvalue weighted by Gasteiger charge is -2.35. The number of nitrogens with one attached hydrogen (secondary N) is 1. The van der Waals surface area contributed by atoms with Crippen LogP contribution in [0, 0.1) is 5.41 Å². The van der Waals surface area contributed by atoms with Crippen molar-refractivity contribution >= 4 is 11.9 Å². The van der Waals surface area contributed by atoms with E-state index in [1.165, 1.54) is 0 Å². The molecule has 4 nitrogen and oxygen atoms in total. The molecule has 20 heavy (non-hydrogen) atoms. The minimum Gasteiger partial charge on any atom is -0.481 e. The van der Waals surface area contributed by atoms with Gasteiger partial charge in [0.2, 0.25) is 5.91 Å². The van der Waals surface area contributed by atoms with Crippen LogP contribution in [0.5, 0.6) is 0 Å². The van der Waals surface area contributed by atoms with E-state index in [1.54, 1.807) is 0 Å². The van der Waals surface area contributed by atoms with Crippen molar-refractivity contribution in [1.29, 1.82) is 0 Å². The third-order valence-electron chi connectivity index (χ3n) is 3.71. The topological polar surface area (TPSA) is 66.4 Å². The summed E-state index contributed by atoms with van der Waals surface area (Å²) >= 11 is 0. The van der Waals surface area contributed by atoms with Gasteiger partial charge in [-0.05, 0) is 18.3 Å². The largest absolute Gasteiger partial charge is 0.481 e. The van der Waals surface area contributed by atoms with Crippen molar-refractivity contribution in [2.24, 2.45) is 5.41 Å². The molecule has 0 unspecified atom stereocenters. The number of rotatable bonds is 6. The Balaban J connectivity index is 2.48. The van der Waals surface area contributed by atoms with Gasteiger partial charge in [-0.2, -0.15) is 13.2 Å². The van der Waals surface area contributed by atoms with Gasteiger partial charge in [0.1, 0.15) is 0 Å². The SMILES string of the molecule is O=C(O)CC1(CC(=O)NCCC(F)(F)F)CCCCC1. The lowest BCUT2D eigenvalue weighted by atomic mass is 9.69. The predicted molar refractivity (Wildman–Crippen MR) is 66.1 cm³/mol. The van der Waals surface area contributed by atoms with Crippen molar-refractivity contribution in [3.63, 3.8) is 0 Å². The van der Waals surface area contributed by atoms with Gasteiger partial charge in [0, 0.05) is 13.0 Å². The molecule has 116 valence electrons. The molecule has 0 aromatic rings. The van der Waals surface area contributed by atoms with E-state index >= 15 is 0 Å². The number of carboxylic acids is 1. The molecule has 2 N–H and O–H groups in total. The maximum atomic E-state index is 12.0. The summed E-state index contributed by atoms with van der Waals surface area (Å²) in [5, 5.41) is 11.2. The molecule has 0 bridgehead atoms. The predicted octanol–water partition coefficient (Wildman–Crippen LogP) is 2.87. The van der Waals surface area contributed by atoms with Gasteiger partial charge in [0.05, 0.1) is 12.8 Å². The van der Waals surface area contributed by atoms with Crippen molar-refractivity contribution in [3.8, 4) is 0 Å². The van der Waals surface area contributed by atoms with E-state index in [4.69, 9.17) is 5.11 Å². The van der Waals surface area contributed by atoms with Crippen LogP contribution < -0.4 is 5.32 Å². The van der Waals surface area contributed by atoms with E-state index < -0.39 is 36.4 Å². The number of carbonyl (C=O) groups excluding carboxylic acids is 1. The van der Waals surface area contributed by atoms with Crippen molar-refractivity contribution in [1.82, 2.24) is 5.32 Å². The third-order valence-corrected chi connectivity index (χ3v) is 3.71. The standard InChI is InChI=1S/C13H20F3NO3/c14-13(15,16)6-7-17-10(18)8-12(9-11(19)20)4-2-1-3-5-12/h1-9H2,(H,17,18)(H,19,20). The third kappa shape index (κ3) is 6.25. The molecule has 7 heteroatoms. The minimum absolute atomic E-state index is 0.00282. The Morgan fingerprint density at radius 3 is 2.20 bits per heavy atom. The molecule has 1 aliphatic carbocycles. The maximum Gasteiger partial charge on any atom is 0.390 e. The minimum atomic E-state index is -4.29. The van der Waals surface area contributed by atoms with Gasteiger partial charge in [0.25, 0.3) is 0 Å². The van der Waals surface area contributed by atoms with E-state index in [9.17, 15) is 22.8 Å². The molecule has 1 amide bonds. The van der Waals surface area contributed by atoms with Crippen LogP contribution in [0.3, 0.4) is 0 Å². The number of carbonyl (C=O) groups is 2. The highest BCUT2D eigenvalue weighted by molar-refractivity contribution is 5.78. The van der Waals surface area contributed by atoms with Crippen LogP contribution in [0.25, 0.3) is 0 Å². The first-order chi connectivity index (χ1) is 9.22. The summed E-state index contributed by atoms with van der Waals surface area (Å²) in [4.78, 5) is 22.6. The summed E-state index contributed by atoms with van der Waals surface area (Å²) in [6.07, 6.45) is -1.43. The average Bonchev–Trinajstić information content (AvgIpc) is 2.26. The molecule has 1 saturated carbocycles. The van der Waals surface area contributed by atoms with Crippen LogP contribution in [0.1, 0.15) is 51.4 Å². The van der Waals surface area contributed by atoms with E-state index in [0.29, 0.717) is 12.8 Å². The summed E-state index contributed by atoms with van der Waals surface area (Å²) in [6, 6.07) is 0. The van der Waals surface area contributed by atoms with Crippen LogP contribution in [0.2, 0.25) is 0 Å². The van der Waals surface area contributed by atoms with Crippen LogP contribution in [0.15, 0.2) is 0 Å². The number of amides is 1. The highest BCUT2D eigenvalue weighted by Gasteiger charge is 2.36. The molecule has 0 aliphatic heterocycles. The lowest BCUT2D eigenvalue weighted by Crippen LogP contribution is -2.36. The Bertz CT molecular complexity index is 349. The fraction of sp³-hybridized carbons (Fsp3) is 0.846. The number of hydrogen-bond donors (Lipinski definition) is 2. The Morgan fingerprint density at radius 2 is 1.70 bits per heavy atom. The van der Waals surface area contributed by atoms with E-state index in [0.717, 1.165) is 19.3 Å². The zero-order valence-corrected chi connectivity index (χ0v) is 11.3. The van der Waals surface area contributed by atoms with Gasteiger partial charge in [-0.1, -0.05) is 19.3 Å². The molecule has 0 aromatic heterocycles. The molecule has 1 rings (SSSR count). The van der Waals surface area contributed by atoms with Gasteiger partial charge in [-0.25, -0.2) is 0 Å². The van der Waals surface area contributed by atoms with Gasteiger partial charge in [-0.3, -0.25) is 9.59 Å². The number of halogens is 3. The molecular weight excluding hydrogens is 275 g/mol. The number of carboxylic acid groups (broad SMARTS) is 1. The summed E-state index contributed by atoms with van der Waals surface area (Å²) < 4.78 is 35.9. The van der Waals surface area contributed by atoms with E-state index in [2.05, 4.69) is 5.32 Å². The second kappa shape index (κ2) is 6.95. The summed E-state index contributed by atoms with van der Waals surface area (Å²) in [6.45, 7) is -0.453. The fourth-order valence-corrected chi connectivity index (χ4v) is 2.79. The second-order valence-electron chi connectivity index (χ2n) is 5.52. The zero-order chi connectivity index (χ0) is 15.2. The zero-order valence-electron chi connectivity index (χ0n) is 11.3. The molecule has 1 aliphatic rings. The van der Waals surface area contributed by atoms with Crippen molar-refractivity contribution in [3.05, 3.63) is 0 Å². The Morgan fingerprint density at radius 1 is 1.10 bits per heavy atom. The van der Waals surface area contributed by atoms with Crippen LogP contribution >= 0.6 is 0 Å². The first kappa shape index (κ1) is 16.8. The monoisotopic (exact) mass is 295 g/mol. The molecule has 1 fully saturated rings.